The first-order valence-corrected chi connectivity index (χ1v) is 6.84. The topological polar surface area (TPSA) is 20.3 Å². The van der Waals surface area contributed by atoms with Crippen LogP contribution < -0.4 is 0 Å². The first-order chi connectivity index (χ1) is 8.90. The van der Waals surface area contributed by atoms with Gasteiger partial charge in [0.15, 0.2) is 17.5 Å². The molecule has 19 heavy (non-hydrogen) atoms. The van der Waals surface area contributed by atoms with E-state index in [9.17, 15) is 18.0 Å². The van der Waals surface area contributed by atoms with Crippen LogP contribution in [-0.2, 0) is 0 Å². The Morgan fingerprint density at radius 2 is 1.95 bits per heavy atom. The Bertz CT molecular complexity index is 503. The number of carbonyl (C=O) groups excluding carboxylic acids is 1. The molecule has 1 aromatic carbocycles. The molecule has 0 aromatic heterocycles. The van der Waals surface area contributed by atoms with E-state index in [0.29, 0.717) is 17.3 Å². The van der Waals surface area contributed by atoms with E-state index in [0.717, 1.165) is 25.0 Å². The predicted molar refractivity (Wildman–Crippen MR) is 68.7 cm³/mol. The number of halogens is 4. The lowest BCUT2D eigenvalue weighted by Crippen LogP contribution is -2.38. The lowest BCUT2D eigenvalue weighted by Gasteiger charge is -2.34. The van der Waals surface area contributed by atoms with E-state index in [-0.39, 0.29) is 0 Å². The summed E-state index contributed by atoms with van der Waals surface area (Å²) in [6, 6.07) is 1.73. The number of alkyl halides is 1. The fraction of sp³-hybridized carbons (Fsp3) is 0.462. The normalized spacial score (nSPS) is 21.9. The molecule has 1 aromatic rings. The zero-order valence-corrected chi connectivity index (χ0v) is 11.9. The Kier molecular flexibility index (Phi) is 4.18. The first-order valence-electron chi connectivity index (χ1n) is 5.93. The highest BCUT2D eigenvalue weighted by Gasteiger charge is 2.30. The van der Waals surface area contributed by atoms with Crippen LogP contribution in [-0.4, -0.2) is 29.2 Å². The van der Waals surface area contributed by atoms with E-state index >= 15 is 0 Å². The zero-order valence-electron chi connectivity index (χ0n) is 10.3. The molecule has 1 fully saturated rings. The van der Waals surface area contributed by atoms with E-state index < -0.39 is 28.9 Å². The molecule has 0 spiro atoms. The summed E-state index contributed by atoms with van der Waals surface area (Å²) in [5.41, 5.74) is -0.434. The fourth-order valence-corrected chi connectivity index (χ4v) is 3.23. The number of hydrogen-bond acceptors (Lipinski definition) is 1. The number of amides is 1. The number of hydrogen-bond donors (Lipinski definition) is 0. The van der Waals surface area contributed by atoms with Gasteiger partial charge in [-0.25, -0.2) is 13.2 Å². The van der Waals surface area contributed by atoms with Crippen molar-refractivity contribution in [2.24, 2.45) is 5.92 Å². The second-order valence-electron chi connectivity index (χ2n) is 4.84. The van der Waals surface area contributed by atoms with Crippen molar-refractivity contribution in [1.29, 1.82) is 0 Å². The number of benzene rings is 1. The van der Waals surface area contributed by atoms with Crippen LogP contribution in [0.5, 0.6) is 0 Å². The molecule has 1 amide bonds. The summed E-state index contributed by atoms with van der Waals surface area (Å²) >= 11 is 3.45. The predicted octanol–water partition coefficient (Wildman–Crippen LogP) is 3.35. The maximum Gasteiger partial charge on any atom is 0.256 e. The largest absolute Gasteiger partial charge is 0.341 e. The van der Waals surface area contributed by atoms with Gasteiger partial charge in [0.05, 0.1) is 5.56 Å². The molecule has 0 aliphatic heterocycles. The summed E-state index contributed by atoms with van der Waals surface area (Å²) in [6.45, 7) is 0.485. The second-order valence-corrected chi connectivity index (χ2v) is 6.14. The molecule has 6 heteroatoms. The van der Waals surface area contributed by atoms with Crippen molar-refractivity contribution in [3.05, 3.63) is 35.1 Å². The van der Waals surface area contributed by atoms with Gasteiger partial charge in [0.25, 0.3) is 5.91 Å². The van der Waals surface area contributed by atoms with E-state index in [1.807, 2.05) is 0 Å². The van der Waals surface area contributed by atoms with Gasteiger partial charge in [-0.05, 0) is 30.9 Å². The van der Waals surface area contributed by atoms with Gasteiger partial charge < -0.3 is 4.90 Å². The van der Waals surface area contributed by atoms with Gasteiger partial charge in [-0.15, -0.1) is 0 Å². The van der Waals surface area contributed by atoms with E-state index in [4.69, 9.17) is 0 Å². The van der Waals surface area contributed by atoms with Crippen molar-refractivity contribution >= 4 is 21.8 Å². The van der Waals surface area contributed by atoms with Gasteiger partial charge in [0.1, 0.15) is 0 Å². The number of nitrogens with zero attached hydrogens (tertiary/aromatic N) is 1. The lowest BCUT2D eigenvalue weighted by molar-refractivity contribution is 0.0742. The molecule has 0 heterocycles. The Balaban J connectivity index is 2.09. The molecule has 0 bridgehead atoms. The van der Waals surface area contributed by atoms with Crippen LogP contribution in [0.25, 0.3) is 0 Å². The zero-order chi connectivity index (χ0) is 14.2. The molecule has 1 saturated carbocycles. The monoisotopic (exact) mass is 335 g/mol. The minimum atomic E-state index is -1.61. The van der Waals surface area contributed by atoms with Crippen molar-refractivity contribution in [2.75, 3.05) is 13.6 Å². The van der Waals surface area contributed by atoms with Crippen LogP contribution in [0.1, 0.15) is 23.2 Å². The van der Waals surface area contributed by atoms with E-state index in [1.54, 1.807) is 0 Å². The van der Waals surface area contributed by atoms with Crippen LogP contribution in [0.4, 0.5) is 13.2 Å². The van der Waals surface area contributed by atoms with Gasteiger partial charge in [0, 0.05) is 18.4 Å². The van der Waals surface area contributed by atoms with Crippen molar-refractivity contribution in [3.63, 3.8) is 0 Å². The summed E-state index contributed by atoms with van der Waals surface area (Å²) in [4.78, 5) is 13.8. The van der Waals surface area contributed by atoms with Crippen LogP contribution in [0.15, 0.2) is 12.1 Å². The number of rotatable bonds is 3. The standard InChI is InChI=1S/C13H13BrF3NO/c1-18(6-7-4-8(14)5-7)13(19)9-2-3-10(15)12(17)11(9)16/h2-3,7-8H,4-6H2,1H3. The molecule has 1 aliphatic carbocycles. The summed E-state index contributed by atoms with van der Waals surface area (Å²) in [5, 5.41) is 0. The molecule has 104 valence electrons. The lowest BCUT2D eigenvalue weighted by atomic mass is 9.85. The van der Waals surface area contributed by atoms with Crippen LogP contribution in [0.2, 0.25) is 0 Å². The number of carbonyl (C=O) groups is 1. The third-order valence-electron chi connectivity index (χ3n) is 3.32. The third-order valence-corrected chi connectivity index (χ3v) is 4.07. The minimum absolute atomic E-state index is 0.367. The Morgan fingerprint density at radius 1 is 1.32 bits per heavy atom. The smallest absolute Gasteiger partial charge is 0.256 e. The van der Waals surface area contributed by atoms with Crippen molar-refractivity contribution in [2.45, 2.75) is 17.7 Å². The Hall–Kier alpha value is -1.04. The maximum absolute atomic E-state index is 13.5. The molecule has 0 N–H and O–H groups in total. The van der Waals surface area contributed by atoms with Gasteiger partial charge in [-0.3, -0.25) is 4.79 Å². The van der Waals surface area contributed by atoms with E-state index in [1.165, 1.54) is 11.9 Å². The summed E-state index contributed by atoms with van der Waals surface area (Å²) in [7, 11) is 1.53. The SMILES string of the molecule is CN(CC1CC(Br)C1)C(=O)c1ccc(F)c(F)c1F. The quantitative estimate of drug-likeness (QED) is 0.612. The third kappa shape index (κ3) is 2.94. The van der Waals surface area contributed by atoms with Crippen molar-refractivity contribution in [3.8, 4) is 0 Å². The summed E-state index contributed by atoms with van der Waals surface area (Å²) < 4.78 is 39.4. The maximum atomic E-state index is 13.5. The fourth-order valence-electron chi connectivity index (χ4n) is 2.17. The molecule has 2 rings (SSSR count). The van der Waals surface area contributed by atoms with Gasteiger partial charge in [0.2, 0.25) is 0 Å². The van der Waals surface area contributed by atoms with Crippen molar-refractivity contribution in [1.82, 2.24) is 4.90 Å². The van der Waals surface area contributed by atoms with Gasteiger partial charge >= 0.3 is 0 Å². The summed E-state index contributed by atoms with van der Waals surface area (Å²) in [5.74, 6) is -4.59. The average Bonchev–Trinajstić information content (AvgIpc) is 2.33. The van der Waals surface area contributed by atoms with Gasteiger partial charge in [-0.1, -0.05) is 15.9 Å². The summed E-state index contributed by atoms with van der Waals surface area (Å²) in [6.07, 6.45) is 1.91. The van der Waals surface area contributed by atoms with Crippen LogP contribution in [0, 0.1) is 23.4 Å². The first kappa shape index (κ1) is 14.4. The highest BCUT2D eigenvalue weighted by atomic mass is 79.9. The molecular weight excluding hydrogens is 323 g/mol. The molecule has 0 atom stereocenters. The molecule has 1 aliphatic rings. The highest BCUT2D eigenvalue weighted by Crippen LogP contribution is 2.33. The minimum Gasteiger partial charge on any atom is -0.341 e. The molecule has 0 saturated heterocycles. The van der Waals surface area contributed by atoms with Crippen molar-refractivity contribution < 1.29 is 18.0 Å². The second kappa shape index (κ2) is 5.53. The molecule has 2 nitrogen and oxygen atoms in total. The van der Waals surface area contributed by atoms with Crippen LogP contribution >= 0.6 is 15.9 Å². The Labute approximate surface area is 117 Å². The Morgan fingerprint density at radius 3 is 2.53 bits per heavy atom. The molecule has 0 unspecified atom stereocenters. The van der Waals surface area contributed by atoms with E-state index in [2.05, 4.69) is 15.9 Å². The van der Waals surface area contributed by atoms with Crippen LogP contribution in [0.3, 0.4) is 0 Å². The van der Waals surface area contributed by atoms with Gasteiger partial charge in [-0.2, -0.15) is 0 Å². The average molecular weight is 336 g/mol. The highest BCUT2D eigenvalue weighted by molar-refractivity contribution is 9.09. The molecule has 0 radical (unpaired) electrons. The molecular formula is C13H13BrF3NO.